The minimum absolute atomic E-state index is 0.0273. The Hall–Kier alpha value is -1.41. The molecular weight excluding hydrogens is 290 g/mol. The maximum absolute atomic E-state index is 11.5. The van der Waals surface area contributed by atoms with E-state index >= 15 is 0 Å². The Labute approximate surface area is 117 Å². The number of esters is 1. The number of thioether (sulfide) groups is 2. The molecule has 0 bridgehead atoms. The van der Waals surface area contributed by atoms with Crippen molar-refractivity contribution in [3.8, 4) is 0 Å². The van der Waals surface area contributed by atoms with E-state index in [-0.39, 0.29) is 17.0 Å². The van der Waals surface area contributed by atoms with Gasteiger partial charge in [0.2, 0.25) is 5.91 Å². The summed E-state index contributed by atoms with van der Waals surface area (Å²) in [5, 5.41) is 10.6. The molecule has 1 amide bonds. The monoisotopic (exact) mass is 301 g/mol. The van der Waals surface area contributed by atoms with Crippen molar-refractivity contribution in [2.24, 2.45) is 0 Å². The molecule has 2 rings (SSSR count). The van der Waals surface area contributed by atoms with Crippen molar-refractivity contribution in [3.63, 3.8) is 0 Å². The van der Waals surface area contributed by atoms with Crippen LogP contribution in [0.1, 0.15) is 6.42 Å². The molecule has 1 N–H and O–H groups in total. The predicted octanol–water partition coefficient (Wildman–Crippen LogP) is 1.01. The Balaban J connectivity index is 2.17. The second-order valence-electron chi connectivity index (χ2n) is 3.75. The SMILES string of the molecule is COC(=O)/C=C\SC1=C(C(=O)O)N2C(=O)C[C@@H]2SC1. The summed E-state index contributed by atoms with van der Waals surface area (Å²) < 4.78 is 4.44. The topological polar surface area (TPSA) is 83.9 Å². The van der Waals surface area contributed by atoms with Crippen LogP contribution in [0.15, 0.2) is 22.1 Å². The van der Waals surface area contributed by atoms with Gasteiger partial charge in [-0.25, -0.2) is 9.59 Å². The lowest BCUT2D eigenvalue weighted by atomic mass is 10.1. The van der Waals surface area contributed by atoms with Crippen LogP contribution in [0.4, 0.5) is 0 Å². The van der Waals surface area contributed by atoms with Gasteiger partial charge in [-0.1, -0.05) is 11.8 Å². The molecule has 0 radical (unpaired) electrons. The number of carbonyl (C=O) groups excluding carboxylic acids is 2. The number of methoxy groups -OCH3 is 1. The first-order chi connectivity index (χ1) is 9.04. The molecule has 2 aliphatic rings. The zero-order valence-corrected chi connectivity index (χ0v) is 11.6. The van der Waals surface area contributed by atoms with E-state index in [1.165, 1.54) is 35.3 Å². The second-order valence-corrected chi connectivity index (χ2v) is 5.92. The molecule has 0 spiro atoms. The van der Waals surface area contributed by atoms with Crippen molar-refractivity contribution < 1.29 is 24.2 Å². The molecule has 8 heteroatoms. The number of hydrogen-bond donors (Lipinski definition) is 1. The summed E-state index contributed by atoms with van der Waals surface area (Å²) in [6, 6.07) is 0. The van der Waals surface area contributed by atoms with Crippen molar-refractivity contribution >= 4 is 41.4 Å². The number of aliphatic carboxylic acids is 1. The fourth-order valence-electron chi connectivity index (χ4n) is 1.72. The second kappa shape index (κ2) is 5.70. The van der Waals surface area contributed by atoms with Gasteiger partial charge in [-0.15, -0.1) is 11.8 Å². The van der Waals surface area contributed by atoms with Crippen LogP contribution in [0.25, 0.3) is 0 Å². The zero-order valence-electron chi connectivity index (χ0n) is 9.99. The van der Waals surface area contributed by atoms with E-state index in [2.05, 4.69) is 4.74 Å². The zero-order chi connectivity index (χ0) is 14.0. The van der Waals surface area contributed by atoms with Gasteiger partial charge in [0.25, 0.3) is 0 Å². The number of β-lactam (4-membered cyclic amide) rings is 1. The van der Waals surface area contributed by atoms with Gasteiger partial charge in [-0.05, 0) is 5.41 Å². The Morgan fingerprint density at radius 2 is 2.32 bits per heavy atom. The fourth-order valence-corrected chi connectivity index (χ4v) is 3.95. The molecule has 2 heterocycles. The smallest absolute Gasteiger partial charge is 0.353 e. The first kappa shape index (κ1) is 14.0. The van der Waals surface area contributed by atoms with Crippen LogP contribution in [0, 0.1) is 0 Å². The lowest BCUT2D eigenvalue weighted by Gasteiger charge is -2.43. The summed E-state index contributed by atoms with van der Waals surface area (Å²) in [6.45, 7) is 0. The Morgan fingerprint density at radius 3 is 2.89 bits per heavy atom. The number of nitrogens with zero attached hydrogens (tertiary/aromatic N) is 1. The lowest BCUT2D eigenvalue weighted by Crippen LogP contribution is -2.53. The van der Waals surface area contributed by atoms with Crippen LogP contribution < -0.4 is 0 Å². The van der Waals surface area contributed by atoms with E-state index in [4.69, 9.17) is 0 Å². The minimum Gasteiger partial charge on any atom is -0.477 e. The molecule has 1 fully saturated rings. The lowest BCUT2D eigenvalue weighted by molar-refractivity contribution is -0.146. The average Bonchev–Trinajstić information content (AvgIpc) is 2.37. The molecule has 102 valence electrons. The summed E-state index contributed by atoms with van der Waals surface area (Å²) in [5.41, 5.74) is 0.0273. The summed E-state index contributed by atoms with van der Waals surface area (Å²) in [4.78, 5) is 35.5. The number of carboxylic acids is 1. The maximum Gasteiger partial charge on any atom is 0.353 e. The number of amides is 1. The molecule has 0 aromatic carbocycles. The summed E-state index contributed by atoms with van der Waals surface area (Å²) in [6.07, 6.45) is 1.60. The Bertz CT molecular complexity index is 499. The van der Waals surface area contributed by atoms with Gasteiger partial charge in [0.05, 0.1) is 18.9 Å². The first-order valence-electron chi connectivity index (χ1n) is 5.36. The van der Waals surface area contributed by atoms with E-state index in [0.29, 0.717) is 17.1 Å². The quantitative estimate of drug-likeness (QED) is 0.471. The highest BCUT2D eigenvalue weighted by atomic mass is 32.2. The molecular formula is C11H11NO5S2. The average molecular weight is 301 g/mol. The Kier molecular flexibility index (Phi) is 4.20. The molecule has 0 aliphatic carbocycles. The third kappa shape index (κ3) is 2.79. The third-order valence-electron chi connectivity index (χ3n) is 2.64. The number of rotatable bonds is 4. The molecule has 1 atom stereocenters. The molecule has 0 unspecified atom stereocenters. The van der Waals surface area contributed by atoms with Gasteiger partial charge in [-0.3, -0.25) is 9.69 Å². The van der Waals surface area contributed by atoms with Gasteiger partial charge >= 0.3 is 11.9 Å². The van der Waals surface area contributed by atoms with Crippen LogP contribution in [-0.2, 0) is 19.1 Å². The summed E-state index contributed by atoms with van der Waals surface area (Å²) in [5.74, 6) is -1.28. The fraction of sp³-hybridized carbons (Fsp3) is 0.364. The highest BCUT2D eigenvalue weighted by Crippen LogP contribution is 2.43. The predicted molar refractivity (Wildman–Crippen MR) is 71.1 cm³/mol. The molecule has 2 aliphatic heterocycles. The molecule has 0 aromatic heterocycles. The molecule has 0 aromatic rings. The van der Waals surface area contributed by atoms with E-state index < -0.39 is 11.9 Å². The molecule has 1 saturated heterocycles. The van der Waals surface area contributed by atoms with E-state index in [1.807, 2.05) is 0 Å². The maximum atomic E-state index is 11.5. The van der Waals surface area contributed by atoms with Gasteiger partial charge in [-0.2, -0.15) is 0 Å². The van der Waals surface area contributed by atoms with Gasteiger partial charge < -0.3 is 9.84 Å². The van der Waals surface area contributed by atoms with Crippen LogP contribution >= 0.6 is 23.5 Å². The highest BCUT2D eigenvalue weighted by Gasteiger charge is 2.45. The molecule has 0 saturated carbocycles. The van der Waals surface area contributed by atoms with Crippen molar-refractivity contribution in [2.75, 3.05) is 12.9 Å². The normalized spacial score (nSPS) is 22.3. The highest BCUT2D eigenvalue weighted by molar-refractivity contribution is 8.08. The largest absolute Gasteiger partial charge is 0.477 e. The van der Waals surface area contributed by atoms with Crippen LogP contribution in [0.3, 0.4) is 0 Å². The van der Waals surface area contributed by atoms with Crippen LogP contribution in [0.5, 0.6) is 0 Å². The summed E-state index contributed by atoms with van der Waals surface area (Å²) in [7, 11) is 1.26. The van der Waals surface area contributed by atoms with Crippen molar-refractivity contribution in [3.05, 3.63) is 22.1 Å². The van der Waals surface area contributed by atoms with Gasteiger partial charge in [0, 0.05) is 16.7 Å². The van der Waals surface area contributed by atoms with Gasteiger partial charge in [0.1, 0.15) is 5.70 Å². The number of carbonyl (C=O) groups is 3. The number of ether oxygens (including phenoxy) is 1. The van der Waals surface area contributed by atoms with E-state index in [9.17, 15) is 19.5 Å². The van der Waals surface area contributed by atoms with Gasteiger partial charge in [0.15, 0.2) is 0 Å². The summed E-state index contributed by atoms with van der Waals surface area (Å²) >= 11 is 2.65. The van der Waals surface area contributed by atoms with Crippen LogP contribution in [0.2, 0.25) is 0 Å². The first-order valence-corrected chi connectivity index (χ1v) is 7.28. The Morgan fingerprint density at radius 1 is 1.58 bits per heavy atom. The van der Waals surface area contributed by atoms with Crippen molar-refractivity contribution in [2.45, 2.75) is 11.8 Å². The molecule has 19 heavy (non-hydrogen) atoms. The number of fused-ring (bicyclic) bond motifs is 1. The third-order valence-corrected chi connectivity index (χ3v) is 4.93. The van der Waals surface area contributed by atoms with Crippen molar-refractivity contribution in [1.82, 2.24) is 4.90 Å². The van der Waals surface area contributed by atoms with E-state index in [1.54, 1.807) is 0 Å². The molecule has 6 nitrogen and oxygen atoms in total. The van der Waals surface area contributed by atoms with E-state index in [0.717, 1.165) is 11.8 Å². The number of carboxylic acid groups (broad SMARTS) is 1. The van der Waals surface area contributed by atoms with Crippen molar-refractivity contribution in [1.29, 1.82) is 0 Å². The number of hydrogen-bond acceptors (Lipinski definition) is 6. The van der Waals surface area contributed by atoms with Crippen LogP contribution in [-0.4, -0.2) is 46.1 Å². The standard InChI is InChI=1S/C11H11NO5S2/c1-17-9(14)2-3-18-6-5-19-8-4-7(13)12(8)10(6)11(15)16/h2-3,8H,4-5H2,1H3,(H,15,16)/b3-2-/t8-/m0/s1. The minimum atomic E-state index is -1.12.